The summed E-state index contributed by atoms with van der Waals surface area (Å²) in [5.74, 6) is 0.952. The molecule has 1 fully saturated rings. The molecule has 3 heterocycles. The Labute approximate surface area is 148 Å². The average molecular weight is 335 g/mol. The molecule has 3 aromatic rings. The lowest BCUT2D eigenvalue weighted by Crippen LogP contribution is -2.49. The van der Waals surface area contributed by atoms with Gasteiger partial charge in [-0.25, -0.2) is 4.98 Å². The van der Waals surface area contributed by atoms with Crippen LogP contribution in [0.4, 0.5) is 11.5 Å². The first-order valence-corrected chi connectivity index (χ1v) is 9.00. The second-order valence-corrected chi connectivity index (χ2v) is 6.76. The second-order valence-electron chi connectivity index (χ2n) is 6.76. The van der Waals surface area contributed by atoms with Crippen LogP contribution < -0.4 is 10.2 Å². The largest absolute Gasteiger partial charge is 0.368 e. The standard InChI is InChI=1S/C20H25N5/c1-16(23-20-7-2-3-9-22-20)15-24-11-13-25(14-12-24)19-6-4-5-18-17(19)8-10-21-18/h2-10,16,21H,11-15H2,1H3,(H,22,23)/t16-/m1/s1. The zero-order chi connectivity index (χ0) is 17.1. The molecule has 5 nitrogen and oxygen atoms in total. The molecule has 0 bridgehead atoms. The van der Waals surface area contributed by atoms with Crippen molar-refractivity contribution in [2.24, 2.45) is 0 Å². The minimum Gasteiger partial charge on any atom is -0.368 e. The van der Waals surface area contributed by atoms with Crippen LogP contribution in [-0.4, -0.2) is 53.6 Å². The fourth-order valence-corrected chi connectivity index (χ4v) is 3.65. The van der Waals surface area contributed by atoms with Crippen molar-refractivity contribution in [1.82, 2.24) is 14.9 Å². The summed E-state index contributed by atoms with van der Waals surface area (Å²) in [6.07, 6.45) is 3.85. The van der Waals surface area contributed by atoms with E-state index in [4.69, 9.17) is 0 Å². The highest BCUT2D eigenvalue weighted by atomic mass is 15.3. The number of rotatable bonds is 5. The van der Waals surface area contributed by atoms with Crippen molar-refractivity contribution in [3.05, 3.63) is 54.9 Å². The number of aromatic amines is 1. The minimum atomic E-state index is 0.384. The minimum absolute atomic E-state index is 0.384. The van der Waals surface area contributed by atoms with Crippen LogP contribution in [0.25, 0.3) is 10.9 Å². The first-order chi connectivity index (χ1) is 12.3. The molecular weight excluding hydrogens is 310 g/mol. The third-order valence-electron chi connectivity index (χ3n) is 4.88. The number of fused-ring (bicyclic) bond motifs is 1. The van der Waals surface area contributed by atoms with Gasteiger partial charge in [-0.05, 0) is 37.3 Å². The molecule has 5 heteroatoms. The molecule has 25 heavy (non-hydrogen) atoms. The van der Waals surface area contributed by atoms with Crippen molar-refractivity contribution in [2.45, 2.75) is 13.0 Å². The lowest BCUT2D eigenvalue weighted by molar-refractivity contribution is 0.251. The smallest absolute Gasteiger partial charge is 0.126 e. The molecule has 0 amide bonds. The number of H-pyrrole nitrogens is 1. The fraction of sp³-hybridized carbons (Fsp3) is 0.350. The third-order valence-corrected chi connectivity index (χ3v) is 4.88. The number of nitrogens with one attached hydrogen (secondary N) is 2. The summed E-state index contributed by atoms with van der Waals surface area (Å²) in [4.78, 5) is 12.7. The Hall–Kier alpha value is -2.53. The van der Waals surface area contributed by atoms with Gasteiger partial charge in [0, 0.05) is 67.7 Å². The van der Waals surface area contributed by atoms with Gasteiger partial charge < -0.3 is 15.2 Å². The van der Waals surface area contributed by atoms with E-state index in [-0.39, 0.29) is 0 Å². The van der Waals surface area contributed by atoms with Gasteiger partial charge in [-0.3, -0.25) is 4.90 Å². The van der Waals surface area contributed by atoms with Gasteiger partial charge in [0.25, 0.3) is 0 Å². The Kier molecular flexibility index (Phi) is 4.57. The number of piperazine rings is 1. The van der Waals surface area contributed by atoms with Gasteiger partial charge in [-0.2, -0.15) is 0 Å². The molecule has 0 radical (unpaired) electrons. The summed E-state index contributed by atoms with van der Waals surface area (Å²) in [7, 11) is 0. The molecule has 1 aliphatic heterocycles. The molecular formula is C20H25N5. The van der Waals surface area contributed by atoms with Gasteiger partial charge in [0.05, 0.1) is 0 Å². The Bertz CT molecular complexity index is 805. The molecule has 2 N–H and O–H groups in total. The maximum absolute atomic E-state index is 4.35. The predicted molar refractivity (Wildman–Crippen MR) is 104 cm³/mol. The second kappa shape index (κ2) is 7.15. The molecule has 4 rings (SSSR count). The molecule has 130 valence electrons. The lowest BCUT2D eigenvalue weighted by Gasteiger charge is -2.37. The topological polar surface area (TPSA) is 47.2 Å². The van der Waals surface area contributed by atoms with Crippen LogP contribution in [0.1, 0.15) is 6.92 Å². The van der Waals surface area contributed by atoms with Gasteiger partial charge in [-0.15, -0.1) is 0 Å². The first kappa shape index (κ1) is 16.0. The van der Waals surface area contributed by atoms with E-state index in [0.29, 0.717) is 6.04 Å². The van der Waals surface area contributed by atoms with Gasteiger partial charge in [0.15, 0.2) is 0 Å². The Morgan fingerprint density at radius 3 is 2.76 bits per heavy atom. The normalized spacial score (nSPS) is 16.9. The van der Waals surface area contributed by atoms with E-state index in [9.17, 15) is 0 Å². The van der Waals surface area contributed by atoms with Gasteiger partial charge in [0.1, 0.15) is 5.82 Å². The molecule has 1 aromatic carbocycles. The zero-order valence-electron chi connectivity index (χ0n) is 14.7. The lowest BCUT2D eigenvalue weighted by atomic mass is 10.1. The van der Waals surface area contributed by atoms with Crippen molar-refractivity contribution in [1.29, 1.82) is 0 Å². The van der Waals surface area contributed by atoms with E-state index in [0.717, 1.165) is 38.5 Å². The number of anilines is 2. The quantitative estimate of drug-likeness (QED) is 0.752. The van der Waals surface area contributed by atoms with E-state index >= 15 is 0 Å². The fourth-order valence-electron chi connectivity index (χ4n) is 3.65. The van der Waals surface area contributed by atoms with E-state index in [1.807, 2.05) is 30.6 Å². The summed E-state index contributed by atoms with van der Waals surface area (Å²) in [5.41, 5.74) is 2.56. The molecule has 2 aromatic heterocycles. The predicted octanol–water partition coefficient (Wildman–Crippen LogP) is 3.19. The highest BCUT2D eigenvalue weighted by Crippen LogP contribution is 2.26. The maximum atomic E-state index is 4.35. The van der Waals surface area contributed by atoms with Crippen molar-refractivity contribution in [3.63, 3.8) is 0 Å². The number of aromatic nitrogens is 2. The number of hydrogen-bond donors (Lipinski definition) is 2. The summed E-state index contributed by atoms with van der Waals surface area (Å²) < 4.78 is 0. The molecule has 1 aliphatic rings. The highest BCUT2D eigenvalue weighted by Gasteiger charge is 2.20. The molecule has 0 saturated carbocycles. The van der Waals surface area contributed by atoms with Gasteiger partial charge in [-0.1, -0.05) is 12.1 Å². The Morgan fingerprint density at radius 2 is 1.96 bits per heavy atom. The molecule has 0 unspecified atom stereocenters. The van der Waals surface area contributed by atoms with Crippen LogP contribution in [0.5, 0.6) is 0 Å². The van der Waals surface area contributed by atoms with Crippen molar-refractivity contribution in [3.8, 4) is 0 Å². The maximum Gasteiger partial charge on any atom is 0.126 e. The van der Waals surface area contributed by atoms with Gasteiger partial charge >= 0.3 is 0 Å². The average Bonchev–Trinajstić information content (AvgIpc) is 3.12. The Morgan fingerprint density at radius 1 is 1.08 bits per heavy atom. The van der Waals surface area contributed by atoms with Crippen LogP contribution in [0.15, 0.2) is 54.9 Å². The highest BCUT2D eigenvalue weighted by molar-refractivity contribution is 5.92. The van der Waals surface area contributed by atoms with Crippen LogP contribution in [0.2, 0.25) is 0 Å². The zero-order valence-corrected chi connectivity index (χ0v) is 14.7. The van der Waals surface area contributed by atoms with E-state index < -0.39 is 0 Å². The monoisotopic (exact) mass is 335 g/mol. The number of benzene rings is 1. The molecule has 0 spiro atoms. The molecule has 1 saturated heterocycles. The van der Waals surface area contributed by atoms with Crippen LogP contribution >= 0.6 is 0 Å². The van der Waals surface area contributed by atoms with Crippen LogP contribution in [-0.2, 0) is 0 Å². The molecule has 1 atom stereocenters. The van der Waals surface area contributed by atoms with Gasteiger partial charge in [0.2, 0.25) is 0 Å². The molecule has 0 aliphatic carbocycles. The van der Waals surface area contributed by atoms with Crippen LogP contribution in [0, 0.1) is 0 Å². The van der Waals surface area contributed by atoms with E-state index in [2.05, 4.69) is 56.3 Å². The number of hydrogen-bond acceptors (Lipinski definition) is 4. The van der Waals surface area contributed by atoms with Crippen molar-refractivity contribution < 1.29 is 0 Å². The SMILES string of the molecule is C[C@H](CN1CCN(c2cccc3[nH]ccc23)CC1)Nc1ccccn1. The summed E-state index contributed by atoms with van der Waals surface area (Å²) in [6.45, 7) is 7.59. The Balaban J connectivity index is 1.33. The first-order valence-electron chi connectivity index (χ1n) is 9.00. The van der Waals surface area contributed by atoms with Crippen LogP contribution in [0.3, 0.4) is 0 Å². The third kappa shape index (κ3) is 3.61. The summed E-state index contributed by atoms with van der Waals surface area (Å²) >= 11 is 0. The number of nitrogens with zero attached hydrogens (tertiary/aromatic N) is 3. The summed E-state index contributed by atoms with van der Waals surface area (Å²) in [6, 6.07) is 15.1. The van der Waals surface area contributed by atoms with Crippen molar-refractivity contribution >= 4 is 22.4 Å². The van der Waals surface area contributed by atoms with Crippen molar-refractivity contribution in [2.75, 3.05) is 42.9 Å². The van der Waals surface area contributed by atoms with E-state index in [1.165, 1.54) is 16.6 Å². The number of pyridine rings is 1. The summed E-state index contributed by atoms with van der Waals surface area (Å²) in [5, 5.41) is 4.80. The van der Waals surface area contributed by atoms with E-state index in [1.54, 1.807) is 0 Å².